The summed E-state index contributed by atoms with van der Waals surface area (Å²) in [5.41, 5.74) is 2.66. The van der Waals surface area contributed by atoms with Gasteiger partial charge in [0.05, 0.1) is 0 Å². The van der Waals surface area contributed by atoms with Gasteiger partial charge in [-0.05, 0) is 35.9 Å². The fraction of sp³-hybridized carbons (Fsp3) is 0.625. The summed E-state index contributed by atoms with van der Waals surface area (Å²) in [6.45, 7) is 7.61. The Labute approximate surface area is 119 Å². The van der Waals surface area contributed by atoms with Gasteiger partial charge in [0.2, 0.25) is 0 Å². The fourth-order valence-corrected chi connectivity index (χ4v) is 4.17. The average Bonchev–Trinajstić information content (AvgIpc) is 2.50. The average molecular weight is 279 g/mol. The van der Waals surface area contributed by atoms with E-state index in [0.717, 1.165) is 24.5 Å². The van der Waals surface area contributed by atoms with Crippen molar-refractivity contribution in [3.63, 3.8) is 0 Å². The molecule has 0 saturated carbocycles. The van der Waals surface area contributed by atoms with Gasteiger partial charge in [0, 0.05) is 28.3 Å². The van der Waals surface area contributed by atoms with Crippen LogP contribution in [0, 0.1) is 11.8 Å². The standard InChI is InChI=1S/C16H25NOS/c1-12(2)8-14-4-6-15(7-5-14)16-11-19(18)10-13(3)9-17-16/h4-7,12-13,16-17H,8-11H2,1-3H3. The molecule has 1 saturated heterocycles. The van der Waals surface area contributed by atoms with E-state index in [1.807, 2.05) is 0 Å². The predicted octanol–water partition coefficient (Wildman–Crippen LogP) is 2.91. The highest BCUT2D eigenvalue weighted by atomic mass is 32.2. The largest absolute Gasteiger partial charge is 0.309 e. The number of hydrogen-bond donors (Lipinski definition) is 1. The molecule has 2 rings (SSSR count). The molecule has 0 spiro atoms. The van der Waals surface area contributed by atoms with Crippen molar-refractivity contribution in [2.45, 2.75) is 33.2 Å². The highest BCUT2D eigenvalue weighted by Gasteiger charge is 2.21. The number of nitrogens with one attached hydrogen (secondary N) is 1. The Morgan fingerprint density at radius 1 is 1.26 bits per heavy atom. The van der Waals surface area contributed by atoms with Gasteiger partial charge < -0.3 is 5.32 Å². The second-order valence-electron chi connectivity index (χ2n) is 6.18. The van der Waals surface area contributed by atoms with Crippen molar-refractivity contribution in [3.05, 3.63) is 35.4 Å². The molecule has 0 radical (unpaired) electrons. The molecular formula is C16H25NOS. The Morgan fingerprint density at radius 2 is 1.95 bits per heavy atom. The highest BCUT2D eigenvalue weighted by molar-refractivity contribution is 7.85. The zero-order valence-electron chi connectivity index (χ0n) is 12.2. The second kappa shape index (κ2) is 6.67. The molecule has 1 aliphatic rings. The normalized spacial score (nSPS) is 28.3. The molecular weight excluding hydrogens is 254 g/mol. The topological polar surface area (TPSA) is 29.1 Å². The Balaban J connectivity index is 2.06. The van der Waals surface area contributed by atoms with Crippen LogP contribution in [0.4, 0.5) is 0 Å². The van der Waals surface area contributed by atoms with Crippen LogP contribution in [0.25, 0.3) is 0 Å². The summed E-state index contributed by atoms with van der Waals surface area (Å²) in [6, 6.07) is 9.08. The van der Waals surface area contributed by atoms with Gasteiger partial charge in [-0.25, -0.2) is 0 Å². The Bertz CT molecular complexity index is 427. The first-order valence-electron chi connectivity index (χ1n) is 7.21. The number of benzene rings is 1. The Morgan fingerprint density at radius 3 is 2.58 bits per heavy atom. The van der Waals surface area contributed by atoms with Crippen molar-refractivity contribution < 1.29 is 4.21 Å². The van der Waals surface area contributed by atoms with Crippen molar-refractivity contribution in [2.75, 3.05) is 18.1 Å². The summed E-state index contributed by atoms with van der Waals surface area (Å²) in [7, 11) is -0.695. The third-order valence-corrected chi connectivity index (χ3v) is 5.21. The molecule has 1 N–H and O–H groups in total. The lowest BCUT2D eigenvalue weighted by Crippen LogP contribution is -2.25. The molecule has 1 aliphatic heterocycles. The van der Waals surface area contributed by atoms with Crippen LogP contribution in [0.5, 0.6) is 0 Å². The van der Waals surface area contributed by atoms with E-state index >= 15 is 0 Å². The van der Waals surface area contributed by atoms with Gasteiger partial charge in [0.25, 0.3) is 0 Å². The maximum absolute atomic E-state index is 12.0. The van der Waals surface area contributed by atoms with Gasteiger partial charge in [-0.15, -0.1) is 0 Å². The van der Waals surface area contributed by atoms with Crippen molar-refractivity contribution in [1.29, 1.82) is 0 Å². The van der Waals surface area contributed by atoms with Crippen molar-refractivity contribution in [2.24, 2.45) is 11.8 Å². The molecule has 3 heteroatoms. The molecule has 3 unspecified atom stereocenters. The predicted molar refractivity (Wildman–Crippen MR) is 82.8 cm³/mol. The van der Waals surface area contributed by atoms with Crippen LogP contribution in [-0.2, 0) is 17.2 Å². The third-order valence-electron chi connectivity index (χ3n) is 3.56. The zero-order valence-corrected chi connectivity index (χ0v) is 13.0. The summed E-state index contributed by atoms with van der Waals surface area (Å²) in [5.74, 6) is 2.77. The third kappa shape index (κ3) is 4.43. The van der Waals surface area contributed by atoms with Crippen molar-refractivity contribution >= 4 is 10.8 Å². The van der Waals surface area contributed by atoms with Crippen LogP contribution in [0.3, 0.4) is 0 Å². The maximum atomic E-state index is 12.0. The van der Waals surface area contributed by atoms with Gasteiger partial charge >= 0.3 is 0 Å². The molecule has 1 heterocycles. The molecule has 1 fully saturated rings. The highest BCUT2D eigenvalue weighted by Crippen LogP contribution is 2.20. The monoisotopic (exact) mass is 279 g/mol. The molecule has 0 amide bonds. The lowest BCUT2D eigenvalue weighted by atomic mass is 10.00. The summed E-state index contributed by atoms with van der Waals surface area (Å²) >= 11 is 0. The van der Waals surface area contributed by atoms with Crippen molar-refractivity contribution in [3.8, 4) is 0 Å². The maximum Gasteiger partial charge on any atom is 0.0436 e. The molecule has 0 bridgehead atoms. The van der Waals surface area contributed by atoms with Crippen molar-refractivity contribution in [1.82, 2.24) is 5.32 Å². The quantitative estimate of drug-likeness (QED) is 0.922. The summed E-state index contributed by atoms with van der Waals surface area (Å²) < 4.78 is 12.0. The van der Waals surface area contributed by atoms with Gasteiger partial charge in [-0.2, -0.15) is 0 Å². The molecule has 19 heavy (non-hydrogen) atoms. The molecule has 2 nitrogen and oxygen atoms in total. The van der Waals surface area contributed by atoms with Gasteiger partial charge in [0.15, 0.2) is 0 Å². The smallest absolute Gasteiger partial charge is 0.0436 e. The molecule has 1 aromatic rings. The van der Waals surface area contributed by atoms with E-state index in [2.05, 4.69) is 50.4 Å². The van der Waals surface area contributed by atoms with E-state index in [4.69, 9.17) is 0 Å². The number of rotatable bonds is 3. The van der Waals surface area contributed by atoms with E-state index in [9.17, 15) is 4.21 Å². The van der Waals surface area contributed by atoms with Gasteiger partial charge in [-0.1, -0.05) is 45.0 Å². The fourth-order valence-electron chi connectivity index (χ4n) is 2.60. The Kier molecular flexibility index (Phi) is 5.17. The summed E-state index contributed by atoms with van der Waals surface area (Å²) in [5, 5.41) is 3.55. The Hall–Kier alpha value is -0.670. The molecule has 1 aromatic carbocycles. The minimum absolute atomic E-state index is 0.249. The van der Waals surface area contributed by atoms with Crippen LogP contribution < -0.4 is 5.32 Å². The van der Waals surface area contributed by atoms with Gasteiger partial charge in [0.1, 0.15) is 0 Å². The lowest BCUT2D eigenvalue weighted by molar-refractivity contribution is 0.517. The lowest BCUT2D eigenvalue weighted by Gasteiger charge is -2.16. The van der Waals surface area contributed by atoms with Gasteiger partial charge in [-0.3, -0.25) is 4.21 Å². The van der Waals surface area contributed by atoms with E-state index in [1.54, 1.807) is 0 Å². The molecule has 0 aliphatic carbocycles. The first kappa shape index (κ1) is 14.7. The minimum atomic E-state index is -0.695. The van der Waals surface area contributed by atoms with Crippen LogP contribution in [0.15, 0.2) is 24.3 Å². The van der Waals surface area contributed by atoms with E-state index in [-0.39, 0.29) is 6.04 Å². The van der Waals surface area contributed by atoms with Crippen LogP contribution in [0.2, 0.25) is 0 Å². The first-order valence-corrected chi connectivity index (χ1v) is 8.70. The van der Waals surface area contributed by atoms with Crippen LogP contribution in [0.1, 0.15) is 37.9 Å². The molecule has 106 valence electrons. The van der Waals surface area contributed by atoms with E-state index < -0.39 is 10.8 Å². The molecule has 0 aromatic heterocycles. The second-order valence-corrected chi connectivity index (χ2v) is 7.73. The number of hydrogen-bond acceptors (Lipinski definition) is 2. The first-order chi connectivity index (χ1) is 9.04. The van der Waals surface area contributed by atoms with E-state index in [1.165, 1.54) is 11.1 Å². The summed E-state index contributed by atoms with van der Waals surface area (Å²) in [4.78, 5) is 0. The van der Waals surface area contributed by atoms with Crippen LogP contribution in [-0.4, -0.2) is 22.3 Å². The van der Waals surface area contributed by atoms with E-state index in [0.29, 0.717) is 11.8 Å². The van der Waals surface area contributed by atoms with Crippen LogP contribution >= 0.6 is 0 Å². The molecule has 3 atom stereocenters. The minimum Gasteiger partial charge on any atom is -0.309 e. The zero-order chi connectivity index (χ0) is 13.8. The SMILES string of the molecule is CC(C)Cc1ccc(C2CS(=O)CC(C)CN2)cc1. The summed E-state index contributed by atoms with van der Waals surface area (Å²) in [6.07, 6.45) is 1.13.